The first kappa shape index (κ1) is 18.4. The molecule has 0 fully saturated rings. The minimum absolute atomic E-state index is 0.0668. The van der Waals surface area contributed by atoms with E-state index < -0.39 is 5.56 Å². The van der Waals surface area contributed by atoms with Crippen molar-refractivity contribution in [3.63, 3.8) is 0 Å². The van der Waals surface area contributed by atoms with Crippen molar-refractivity contribution in [2.45, 2.75) is 46.1 Å². The molecule has 0 saturated heterocycles. The van der Waals surface area contributed by atoms with Gasteiger partial charge in [0.1, 0.15) is 11.6 Å². The second kappa shape index (κ2) is 8.78. The van der Waals surface area contributed by atoms with Gasteiger partial charge >= 0.3 is 0 Å². The number of benzene rings is 1. The molecule has 0 amide bonds. The van der Waals surface area contributed by atoms with Crippen molar-refractivity contribution in [2.24, 2.45) is 10.2 Å². The lowest BCUT2D eigenvalue weighted by atomic mass is 10.1. The van der Waals surface area contributed by atoms with Gasteiger partial charge in [0.15, 0.2) is 5.69 Å². The highest BCUT2D eigenvalue weighted by atomic mass is 16.3. The van der Waals surface area contributed by atoms with E-state index in [1.54, 1.807) is 19.1 Å². The molecule has 0 bridgehead atoms. The predicted molar refractivity (Wildman–Crippen MR) is 96.6 cm³/mol. The summed E-state index contributed by atoms with van der Waals surface area (Å²) in [6.45, 7) is 4.05. The maximum Gasteiger partial charge on any atom is 0.281 e. The van der Waals surface area contributed by atoms with Crippen LogP contribution >= 0.6 is 0 Å². The lowest BCUT2D eigenvalue weighted by Gasteiger charge is -2.12. The minimum atomic E-state index is -0.426. The summed E-state index contributed by atoms with van der Waals surface area (Å²) >= 11 is 0. The highest BCUT2D eigenvalue weighted by Gasteiger charge is 2.18. The molecule has 1 N–H and O–H groups in total. The van der Waals surface area contributed by atoms with Gasteiger partial charge < -0.3 is 5.11 Å². The Kier molecular flexibility index (Phi) is 6.47. The summed E-state index contributed by atoms with van der Waals surface area (Å²) in [6.07, 6.45) is 3.85. The summed E-state index contributed by atoms with van der Waals surface area (Å²) in [5.41, 5.74) is 0.688. The molecular formula is C19H22N4O2. The number of nitriles is 1. The fourth-order valence-electron chi connectivity index (χ4n) is 2.56. The van der Waals surface area contributed by atoms with Gasteiger partial charge in [0.25, 0.3) is 5.56 Å². The number of pyridine rings is 1. The van der Waals surface area contributed by atoms with Crippen LogP contribution in [0.25, 0.3) is 0 Å². The van der Waals surface area contributed by atoms with Crippen LogP contribution in [0.4, 0.5) is 11.4 Å². The molecule has 6 nitrogen and oxygen atoms in total. The standard InChI is InChI=1S/C19H22N4O2/c1-3-4-5-9-12-23-18(24)16(13-20)14(2)17(19(23)25)22-21-15-10-7-6-8-11-15/h6-8,10-11,24H,3-5,9,12H2,1-2H3. The van der Waals surface area contributed by atoms with Gasteiger partial charge in [-0.05, 0) is 25.5 Å². The van der Waals surface area contributed by atoms with Gasteiger partial charge in [-0.1, -0.05) is 44.4 Å². The third-order valence-electron chi connectivity index (χ3n) is 4.03. The lowest BCUT2D eigenvalue weighted by Crippen LogP contribution is -2.22. The first-order valence-corrected chi connectivity index (χ1v) is 8.43. The van der Waals surface area contributed by atoms with Crippen molar-refractivity contribution < 1.29 is 5.11 Å². The molecule has 0 aliphatic carbocycles. The monoisotopic (exact) mass is 338 g/mol. The molecule has 0 aliphatic heterocycles. The fourth-order valence-corrected chi connectivity index (χ4v) is 2.56. The largest absolute Gasteiger partial charge is 0.493 e. The lowest BCUT2D eigenvalue weighted by molar-refractivity contribution is 0.397. The smallest absolute Gasteiger partial charge is 0.281 e. The normalized spacial score (nSPS) is 10.9. The molecule has 1 heterocycles. The van der Waals surface area contributed by atoms with Crippen molar-refractivity contribution in [2.75, 3.05) is 0 Å². The molecule has 0 saturated carbocycles. The Bertz CT molecular complexity index is 848. The van der Waals surface area contributed by atoms with Crippen LogP contribution in [0.3, 0.4) is 0 Å². The van der Waals surface area contributed by atoms with Crippen molar-refractivity contribution in [1.82, 2.24) is 4.57 Å². The molecule has 0 atom stereocenters. The molecule has 2 rings (SSSR count). The number of aromatic hydroxyl groups is 1. The highest BCUT2D eigenvalue weighted by molar-refractivity contribution is 5.56. The summed E-state index contributed by atoms with van der Waals surface area (Å²) in [5.74, 6) is -0.292. The van der Waals surface area contributed by atoms with Crippen LogP contribution in [0.2, 0.25) is 0 Å². The van der Waals surface area contributed by atoms with E-state index in [0.717, 1.165) is 25.7 Å². The SMILES string of the molecule is CCCCCCn1c(O)c(C#N)c(C)c(N=Nc2ccccc2)c1=O. The molecule has 1 aromatic carbocycles. The fraction of sp³-hybridized carbons (Fsp3) is 0.368. The van der Waals surface area contributed by atoms with Gasteiger partial charge in [-0.15, -0.1) is 5.11 Å². The molecular weight excluding hydrogens is 316 g/mol. The van der Waals surface area contributed by atoms with E-state index in [9.17, 15) is 15.2 Å². The van der Waals surface area contributed by atoms with Gasteiger partial charge in [-0.3, -0.25) is 9.36 Å². The van der Waals surface area contributed by atoms with Crippen LogP contribution in [-0.4, -0.2) is 9.67 Å². The van der Waals surface area contributed by atoms with Gasteiger partial charge in [0, 0.05) is 12.1 Å². The van der Waals surface area contributed by atoms with Crippen molar-refractivity contribution >= 4 is 11.4 Å². The van der Waals surface area contributed by atoms with Crippen LogP contribution in [0.15, 0.2) is 45.4 Å². The van der Waals surface area contributed by atoms with Crippen LogP contribution in [-0.2, 0) is 6.54 Å². The summed E-state index contributed by atoms with van der Waals surface area (Å²) in [5, 5.41) is 27.8. The summed E-state index contributed by atoms with van der Waals surface area (Å²) < 4.78 is 1.22. The third-order valence-corrected chi connectivity index (χ3v) is 4.03. The maximum atomic E-state index is 12.7. The minimum Gasteiger partial charge on any atom is -0.493 e. The molecule has 25 heavy (non-hydrogen) atoms. The number of azo groups is 1. The Morgan fingerprint density at radius 1 is 1.16 bits per heavy atom. The highest BCUT2D eigenvalue weighted by Crippen LogP contribution is 2.27. The van der Waals surface area contributed by atoms with E-state index in [0.29, 0.717) is 17.8 Å². The van der Waals surface area contributed by atoms with Gasteiger partial charge in [0.2, 0.25) is 5.88 Å². The van der Waals surface area contributed by atoms with E-state index in [1.807, 2.05) is 24.3 Å². The Labute approximate surface area is 147 Å². The number of hydrogen-bond acceptors (Lipinski definition) is 5. The molecule has 1 aromatic heterocycles. The second-order valence-corrected chi connectivity index (χ2v) is 5.84. The summed E-state index contributed by atoms with van der Waals surface area (Å²) in [4.78, 5) is 12.7. The second-order valence-electron chi connectivity index (χ2n) is 5.84. The van der Waals surface area contributed by atoms with Crippen LogP contribution in [0, 0.1) is 18.3 Å². The molecule has 0 aliphatic rings. The number of hydrogen-bond donors (Lipinski definition) is 1. The van der Waals surface area contributed by atoms with E-state index in [-0.39, 0.29) is 17.1 Å². The number of aromatic nitrogens is 1. The maximum absolute atomic E-state index is 12.7. The number of nitrogens with zero attached hydrogens (tertiary/aromatic N) is 4. The number of unbranched alkanes of at least 4 members (excludes halogenated alkanes) is 3. The summed E-state index contributed by atoms with van der Waals surface area (Å²) in [6, 6.07) is 11.0. The van der Waals surface area contributed by atoms with Gasteiger partial charge in [-0.25, -0.2) is 0 Å². The van der Waals surface area contributed by atoms with Crippen LogP contribution in [0.1, 0.15) is 43.7 Å². The van der Waals surface area contributed by atoms with Gasteiger partial charge in [-0.2, -0.15) is 10.4 Å². The quantitative estimate of drug-likeness (QED) is 0.584. The van der Waals surface area contributed by atoms with E-state index in [1.165, 1.54) is 4.57 Å². The Morgan fingerprint density at radius 2 is 1.88 bits per heavy atom. The van der Waals surface area contributed by atoms with Crippen molar-refractivity contribution in [1.29, 1.82) is 5.26 Å². The van der Waals surface area contributed by atoms with E-state index in [2.05, 4.69) is 17.2 Å². The molecule has 130 valence electrons. The Balaban J connectivity index is 2.43. The molecule has 0 unspecified atom stereocenters. The Morgan fingerprint density at radius 3 is 2.52 bits per heavy atom. The topological polar surface area (TPSA) is 90.7 Å². The van der Waals surface area contributed by atoms with Gasteiger partial charge in [0.05, 0.1) is 5.69 Å². The molecule has 0 radical (unpaired) electrons. The van der Waals surface area contributed by atoms with Crippen molar-refractivity contribution in [3.8, 4) is 11.9 Å². The van der Waals surface area contributed by atoms with E-state index in [4.69, 9.17) is 0 Å². The third kappa shape index (κ3) is 4.32. The van der Waals surface area contributed by atoms with Crippen molar-refractivity contribution in [3.05, 3.63) is 51.8 Å². The Hall–Kier alpha value is -2.94. The molecule has 0 spiro atoms. The first-order chi connectivity index (χ1) is 12.1. The number of rotatable bonds is 7. The predicted octanol–water partition coefficient (Wildman–Crippen LogP) is 4.73. The molecule has 6 heteroatoms. The van der Waals surface area contributed by atoms with Crippen LogP contribution in [0.5, 0.6) is 5.88 Å². The van der Waals surface area contributed by atoms with E-state index >= 15 is 0 Å². The zero-order chi connectivity index (χ0) is 18.2. The van der Waals surface area contributed by atoms with Crippen LogP contribution < -0.4 is 5.56 Å². The average molecular weight is 338 g/mol. The zero-order valence-electron chi connectivity index (χ0n) is 14.6. The summed E-state index contributed by atoms with van der Waals surface area (Å²) in [7, 11) is 0. The average Bonchev–Trinajstić information content (AvgIpc) is 2.62. The first-order valence-electron chi connectivity index (χ1n) is 8.43. The zero-order valence-corrected chi connectivity index (χ0v) is 14.6. The molecule has 2 aromatic rings.